The molecule has 0 bridgehead atoms. The van der Waals surface area contributed by atoms with Crippen LogP contribution in [0.4, 0.5) is 14.5 Å². The van der Waals surface area contributed by atoms with E-state index >= 15 is 0 Å². The maximum Gasteiger partial charge on any atom is 0.345 e. The van der Waals surface area contributed by atoms with Gasteiger partial charge in [0.25, 0.3) is 5.91 Å². The van der Waals surface area contributed by atoms with Gasteiger partial charge in [0.1, 0.15) is 17.6 Å². The Morgan fingerprint density at radius 3 is 2.24 bits per heavy atom. The second kappa shape index (κ2) is 14.0. The van der Waals surface area contributed by atoms with Crippen molar-refractivity contribution in [2.75, 3.05) is 37.5 Å². The molecule has 4 rings (SSSR count). The molecule has 12 heteroatoms. The zero-order chi connectivity index (χ0) is 30.3. The van der Waals surface area contributed by atoms with Crippen LogP contribution in [0.1, 0.15) is 35.3 Å². The second-order valence-electron chi connectivity index (χ2n) is 9.78. The van der Waals surface area contributed by atoms with Crippen molar-refractivity contribution >= 4 is 21.4 Å². The van der Waals surface area contributed by atoms with Gasteiger partial charge in [-0.3, -0.25) is 4.79 Å². The van der Waals surface area contributed by atoms with Crippen LogP contribution < -0.4 is 19.7 Å². The number of hydrogen-bond acceptors (Lipinski definition) is 8. The standard InChI is InChI=1S/C30H34F2N2O7S/c1-3-42(37,38)27-14-6-20(7-15-27)28(18-35)33-29(36)21-4-8-22(9-5-21)34-17-26(16-23(34)19-40-30(31)32)41-25-12-10-24(39-2)11-13-25/h4-15,23,26,28,30,35H,3,16-19H2,1-2H3,(H,33,36)/t23-,26?,28-/m0/s1. The molecule has 1 heterocycles. The van der Waals surface area contributed by atoms with Gasteiger partial charge >= 0.3 is 6.61 Å². The average molecular weight is 605 g/mol. The summed E-state index contributed by atoms with van der Waals surface area (Å²) in [6.45, 7) is -1.50. The molecule has 0 radical (unpaired) electrons. The number of anilines is 1. The number of hydrogen-bond donors (Lipinski definition) is 2. The van der Waals surface area contributed by atoms with E-state index in [4.69, 9.17) is 9.47 Å². The molecule has 1 unspecified atom stereocenters. The van der Waals surface area contributed by atoms with Crippen LogP contribution in [0.5, 0.6) is 11.5 Å². The first-order valence-electron chi connectivity index (χ1n) is 13.4. The third-order valence-electron chi connectivity index (χ3n) is 7.12. The van der Waals surface area contributed by atoms with Crippen molar-refractivity contribution in [3.05, 3.63) is 83.9 Å². The van der Waals surface area contributed by atoms with Gasteiger partial charge in [0, 0.05) is 17.7 Å². The van der Waals surface area contributed by atoms with E-state index in [-0.39, 0.29) is 29.4 Å². The number of carbonyl (C=O) groups is 1. The second-order valence-corrected chi connectivity index (χ2v) is 12.1. The summed E-state index contributed by atoms with van der Waals surface area (Å²) >= 11 is 0. The lowest BCUT2D eigenvalue weighted by Gasteiger charge is -2.26. The number of nitrogens with zero attached hydrogens (tertiary/aromatic N) is 1. The molecule has 1 amide bonds. The van der Waals surface area contributed by atoms with E-state index in [2.05, 4.69) is 10.1 Å². The largest absolute Gasteiger partial charge is 0.497 e. The van der Waals surface area contributed by atoms with Gasteiger partial charge in [-0.25, -0.2) is 8.42 Å². The van der Waals surface area contributed by atoms with Crippen molar-refractivity contribution in [1.29, 1.82) is 0 Å². The molecule has 3 aromatic carbocycles. The fourth-order valence-electron chi connectivity index (χ4n) is 4.82. The summed E-state index contributed by atoms with van der Waals surface area (Å²) in [6.07, 6.45) is 0.175. The van der Waals surface area contributed by atoms with E-state index in [9.17, 15) is 27.1 Å². The zero-order valence-electron chi connectivity index (χ0n) is 23.3. The monoisotopic (exact) mass is 604 g/mol. The molecule has 1 saturated heterocycles. The van der Waals surface area contributed by atoms with Crippen LogP contribution in [-0.4, -0.2) is 70.8 Å². The molecule has 42 heavy (non-hydrogen) atoms. The molecule has 3 aromatic rings. The SMILES string of the molecule is CCS(=O)(=O)c1ccc([C@H](CO)NC(=O)c2ccc(N3CC(Oc4ccc(OC)cc4)C[C@H]3COC(F)F)cc2)cc1. The van der Waals surface area contributed by atoms with E-state index < -0.39 is 35.0 Å². The lowest BCUT2D eigenvalue weighted by atomic mass is 10.1. The van der Waals surface area contributed by atoms with Crippen LogP contribution in [0.25, 0.3) is 0 Å². The fraction of sp³-hybridized carbons (Fsp3) is 0.367. The summed E-state index contributed by atoms with van der Waals surface area (Å²) in [5, 5.41) is 12.7. The minimum atomic E-state index is -3.37. The summed E-state index contributed by atoms with van der Waals surface area (Å²) < 4.78 is 65.7. The van der Waals surface area contributed by atoms with Gasteiger partial charge in [0.05, 0.1) is 49.6 Å². The van der Waals surface area contributed by atoms with Crippen LogP contribution >= 0.6 is 0 Å². The summed E-state index contributed by atoms with van der Waals surface area (Å²) in [5.74, 6) is 0.846. The normalized spacial score (nSPS) is 17.7. The first kappa shape index (κ1) is 31.2. The van der Waals surface area contributed by atoms with Crippen molar-refractivity contribution in [3.8, 4) is 11.5 Å². The molecular formula is C30H34F2N2O7S. The van der Waals surface area contributed by atoms with E-state index in [1.54, 1.807) is 74.7 Å². The predicted molar refractivity (Wildman–Crippen MR) is 153 cm³/mol. The highest BCUT2D eigenvalue weighted by atomic mass is 32.2. The van der Waals surface area contributed by atoms with Crippen LogP contribution in [0.15, 0.2) is 77.7 Å². The maximum absolute atomic E-state index is 13.0. The minimum Gasteiger partial charge on any atom is -0.497 e. The Hall–Kier alpha value is -3.74. The van der Waals surface area contributed by atoms with Gasteiger partial charge in [0.15, 0.2) is 9.84 Å². The van der Waals surface area contributed by atoms with Crippen molar-refractivity contribution in [2.45, 2.75) is 43.0 Å². The predicted octanol–water partition coefficient (Wildman–Crippen LogP) is 4.22. The molecule has 0 spiro atoms. The summed E-state index contributed by atoms with van der Waals surface area (Å²) in [5.41, 5.74) is 1.59. The van der Waals surface area contributed by atoms with Crippen molar-refractivity contribution < 1.29 is 41.3 Å². The van der Waals surface area contributed by atoms with Crippen LogP contribution in [0, 0.1) is 0 Å². The minimum absolute atomic E-state index is 0.0315. The Bertz CT molecular complexity index is 1420. The molecule has 3 atom stereocenters. The number of ether oxygens (including phenoxy) is 3. The van der Waals surface area contributed by atoms with Gasteiger partial charge in [-0.2, -0.15) is 8.78 Å². The topological polar surface area (TPSA) is 114 Å². The number of methoxy groups -OCH3 is 1. The third-order valence-corrected chi connectivity index (χ3v) is 8.87. The van der Waals surface area contributed by atoms with E-state index in [1.807, 2.05) is 4.90 Å². The van der Waals surface area contributed by atoms with Gasteiger partial charge < -0.3 is 29.5 Å². The molecule has 0 aliphatic carbocycles. The summed E-state index contributed by atoms with van der Waals surface area (Å²) in [4.78, 5) is 15.1. The number of halogens is 2. The van der Waals surface area contributed by atoms with Gasteiger partial charge in [-0.1, -0.05) is 19.1 Å². The van der Waals surface area contributed by atoms with Crippen LogP contribution in [-0.2, 0) is 14.6 Å². The highest BCUT2D eigenvalue weighted by Gasteiger charge is 2.34. The Labute approximate surface area is 243 Å². The Morgan fingerprint density at radius 2 is 1.67 bits per heavy atom. The molecule has 1 fully saturated rings. The van der Waals surface area contributed by atoms with Gasteiger partial charge in [-0.15, -0.1) is 0 Å². The first-order valence-corrected chi connectivity index (χ1v) is 15.1. The van der Waals surface area contributed by atoms with Crippen LogP contribution in [0.3, 0.4) is 0 Å². The maximum atomic E-state index is 13.0. The Balaban J connectivity index is 1.43. The summed E-state index contributed by atoms with van der Waals surface area (Å²) in [7, 11) is -1.80. The number of benzene rings is 3. The lowest BCUT2D eigenvalue weighted by Crippen LogP contribution is -2.34. The van der Waals surface area contributed by atoms with E-state index in [1.165, 1.54) is 12.1 Å². The molecule has 0 saturated carbocycles. The number of sulfone groups is 1. The average Bonchev–Trinajstić information content (AvgIpc) is 3.41. The van der Waals surface area contributed by atoms with Crippen molar-refractivity contribution in [1.82, 2.24) is 5.32 Å². The molecule has 1 aliphatic heterocycles. The Kier molecular flexibility index (Phi) is 10.4. The third kappa shape index (κ3) is 7.75. The number of aliphatic hydroxyl groups excluding tert-OH is 1. The molecule has 0 aromatic heterocycles. The molecule has 1 aliphatic rings. The van der Waals surface area contributed by atoms with Crippen molar-refractivity contribution in [2.24, 2.45) is 0 Å². The van der Waals surface area contributed by atoms with Gasteiger partial charge in [0.2, 0.25) is 0 Å². The molecular weight excluding hydrogens is 570 g/mol. The molecule has 2 N–H and O–H groups in total. The van der Waals surface area contributed by atoms with Crippen molar-refractivity contribution in [3.63, 3.8) is 0 Å². The number of nitrogens with one attached hydrogen (secondary N) is 1. The van der Waals surface area contributed by atoms with Crippen LogP contribution in [0.2, 0.25) is 0 Å². The number of amides is 1. The molecule has 226 valence electrons. The zero-order valence-corrected chi connectivity index (χ0v) is 24.1. The quantitative estimate of drug-likeness (QED) is 0.298. The highest BCUT2D eigenvalue weighted by Crippen LogP contribution is 2.30. The highest BCUT2D eigenvalue weighted by molar-refractivity contribution is 7.91. The van der Waals surface area contributed by atoms with E-state index in [0.29, 0.717) is 41.3 Å². The number of aliphatic hydroxyl groups is 1. The smallest absolute Gasteiger partial charge is 0.345 e. The first-order chi connectivity index (χ1) is 20.1. The lowest BCUT2D eigenvalue weighted by molar-refractivity contribution is -0.131. The number of alkyl halides is 2. The molecule has 9 nitrogen and oxygen atoms in total. The number of carbonyl (C=O) groups excluding carboxylic acids is 1. The number of rotatable bonds is 13. The fourth-order valence-corrected chi connectivity index (χ4v) is 5.70. The Morgan fingerprint density at radius 1 is 1.02 bits per heavy atom. The van der Waals surface area contributed by atoms with E-state index in [0.717, 1.165) is 0 Å². The summed E-state index contributed by atoms with van der Waals surface area (Å²) in [6, 6.07) is 18.7. The van der Waals surface area contributed by atoms with Gasteiger partial charge in [-0.05, 0) is 66.2 Å².